The zero-order chi connectivity index (χ0) is 8.15. The summed E-state index contributed by atoms with van der Waals surface area (Å²) in [5, 5.41) is 9.83. The number of carboxylic acid groups (broad SMARTS) is 1. The molecule has 1 atom stereocenters. The molecule has 0 saturated heterocycles. The van der Waals surface area contributed by atoms with Crippen molar-refractivity contribution in [1.82, 2.24) is 0 Å². The third kappa shape index (κ3) is 5.92. The number of carbonyl (C=O) groups excluding carboxylic acids is 2. The van der Waals surface area contributed by atoms with Crippen LogP contribution < -0.4 is 29.7 Å². The monoisotopic (exact) mass is 153 g/mol. The predicted octanol–water partition coefficient (Wildman–Crippen LogP) is -5.37. The predicted molar refractivity (Wildman–Crippen MR) is 29.6 cm³/mol. The fourth-order valence-corrected chi connectivity index (χ4v) is 0.414. The van der Waals surface area contributed by atoms with Crippen LogP contribution in [-0.4, -0.2) is 25.1 Å². The summed E-state index contributed by atoms with van der Waals surface area (Å²) >= 11 is 0. The molecule has 0 aromatic heterocycles. The van der Waals surface area contributed by atoms with E-state index >= 15 is 0 Å². The smallest absolute Gasteiger partial charge is 0.550 e. The third-order valence-corrected chi connectivity index (χ3v) is 0.891. The molecule has 58 valence electrons. The molecule has 0 aromatic carbocycles. The van der Waals surface area contributed by atoms with E-state index in [4.69, 9.17) is 5.73 Å². The van der Waals surface area contributed by atoms with Crippen molar-refractivity contribution in [2.75, 3.05) is 7.11 Å². The van der Waals surface area contributed by atoms with Crippen molar-refractivity contribution < 1.29 is 38.3 Å². The van der Waals surface area contributed by atoms with Crippen molar-refractivity contribution in [3.63, 3.8) is 0 Å². The second kappa shape index (κ2) is 6.22. The van der Waals surface area contributed by atoms with Crippen LogP contribution in [0.25, 0.3) is 0 Å². The fraction of sp³-hybridized carbons (Fsp3) is 0.600. The molecule has 0 aromatic rings. The molecule has 6 heteroatoms. The van der Waals surface area contributed by atoms with Gasteiger partial charge in [0.1, 0.15) is 6.04 Å². The van der Waals surface area contributed by atoms with Gasteiger partial charge in [-0.3, -0.25) is 4.79 Å². The van der Waals surface area contributed by atoms with Crippen molar-refractivity contribution in [2.45, 2.75) is 12.5 Å². The van der Waals surface area contributed by atoms with Gasteiger partial charge in [-0.2, -0.15) is 0 Å². The molecule has 0 aliphatic carbocycles. The molecule has 0 aliphatic rings. The third-order valence-electron chi connectivity index (χ3n) is 0.891. The minimum atomic E-state index is -1.36. The molecule has 0 aliphatic heterocycles. The van der Waals surface area contributed by atoms with E-state index in [9.17, 15) is 14.7 Å². The fourth-order valence-electron chi connectivity index (χ4n) is 0.414. The van der Waals surface area contributed by atoms with Crippen molar-refractivity contribution in [2.24, 2.45) is 5.73 Å². The second-order valence-electron chi connectivity index (χ2n) is 1.71. The van der Waals surface area contributed by atoms with Gasteiger partial charge in [-0.1, -0.05) is 0 Å². The average molecular weight is 153 g/mol. The molecule has 0 bridgehead atoms. The topological polar surface area (TPSA) is 92.5 Å². The molecule has 0 heterocycles. The molecule has 0 rings (SSSR count). The van der Waals surface area contributed by atoms with E-state index in [1.54, 1.807) is 0 Å². The van der Waals surface area contributed by atoms with E-state index in [1.807, 2.05) is 0 Å². The van der Waals surface area contributed by atoms with Gasteiger partial charge in [0, 0.05) is 12.4 Å². The molecule has 5 nitrogen and oxygen atoms in total. The largest absolute Gasteiger partial charge is 1.00 e. The van der Waals surface area contributed by atoms with Gasteiger partial charge in [0.2, 0.25) is 0 Å². The minimum absolute atomic E-state index is 0. The quantitative estimate of drug-likeness (QED) is 0.322. The Morgan fingerprint density at radius 2 is 2.09 bits per heavy atom. The summed E-state index contributed by atoms with van der Waals surface area (Å²) in [7, 11) is 1.14. The molecule has 11 heavy (non-hydrogen) atoms. The standard InChI is InChI=1S/C5H9NO4.Li/c1-10-5(9)3(6)2-4(7)8;/h3H,2,6H2,1H3,(H,7,8);/q;+1/p-1. The maximum absolute atomic E-state index is 10.4. The summed E-state index contributed by atoms with van der Waals surface area (Å²) in [6.45, 7) is 0. The van der Waals surface area contributed by atoms with Gasteiger partial charge in [0.15, 0.2) is 0 Å². The number of hydrogen-bond donors (Lipinski definition) is 1. The summed E-state index contributed by atoms with van der Waals surface area (Å²) < 4.78 is 4.16. The molecular weight excluding hydrogens is 145 g/mol. The normalized spacial score (nSPS) is 11.1. The average Bonchev–Trinajstić information content (AvgIpc) is 1.85. The van der Waals surface area contributed by atoms with Crippen LogP contribution in [0.15, 0.2) is 0 Å². The summed E-state index contributed by atoms with van der Waals surface area (Å²) in [6.07, 6.45) is -0.507. The van der Waals surface area contributed by atoms with Crippen LogP contribution in [0, 0.1) is 0 Å². The van der Waals surface area contributed by atoms with Gasteiger partial charge in [0.25, 0.3) is 0 Å². The van der Waals surface area contributed by atoms with Gasteiger partial charge in [-0.15, -0.1) is 0 Å². The van der Waals surface area contributed by atoms with E-state index < -0.39 is 24.4 Å². The molecule has 0 fully saturated rings. The number of nitrogens with two attached hydrogens (primary N) is 1. The van der Waals surface area contributed by atoms with Crippen molar-refractivity contribution in [3.05, 3.63) is 0 Å². The second-order valence-corrected chi connectivity index (χ2v) is 1.71. The maximum atomic E-state index is 10.4. The van der Waals surface area contributed by atoms with E-state index in [0.29, 0.717) is 0 Å². The summed E-state index contributed by atoms with van der Waals surface area (Å²) in [4.78, 5) is 20.2. The Hall–Kier alpha value is -0.503. The molecular formula is C5H8LiNO4. The van der Waals surface area contributed by atoms with Crippen LogP contribution in [-0.2, 0) is 14.3 Å². The van der Waals surface area contributed by atoms with Gasteiger partial charge < -0.3 is 20.4 Å². The number of rotatable bonds is 3. The van der Waals surface area contributed by atoms with Crippen molar-refractivity contribution in [3.8, 4) is 0 Å². The van der Waals surface area contributed by atoms with Crippen LogP contribution in [0.4, 0.5) is 0 Å². The number of methoxy groups -OCH3 is 1. The number of carbonyl (C=O) groups is 2. The number of aliphatic carboxylic acids is 1. The molecule has 0 saturated carbocycles. The zero-order valence-corrected chi connectivity index (χ0v) is 6.49. The zero-order valence-electron chi connectivity index (χ0n) is 6.49. The Kier molecular flexibility index (Phi) is 7.42. The molecule has 1 unspecified atom stereocenters. The first-order valence-electron chi connectivity index (χ1n) is 2.61. The Balaban J connectivity index is 0. The maximum Gasteiger partial charge on any atom is 1.00 e. The Morgan fingerprint density at radius 1 is 1.64 bits per heavy atom. The van der Waals surface area contributed by atoms with Gasteiger partial charge in [0.05, 0.1) is 7.11 Å². The van der Waals surface area contributed by atoms with E-state index in [0.717, 1.165) is 7.11 Å². The van der Waals surface area contributed by atoms with Crippen LogP contribution in [0.3, 0.4) is 0 Å². The van der Waals surface area contributed by atoms with Crippen molar-refractivity contribution >= 4 is 11.9 Å². The van der Waals surface area contributed by atoms with Crippen LogP contribution in [0.2, 0.25) is 0 Å². The Bertz CT molecular complexity index is 149. The summed E-state index contributed by atoms with van der Waals surface area (Å²) in [6, 6.07) is -1.12. The summed E-state index contributed by atoms with van der Waals surface area (Å²) in [5.41, 5.74) is 5.03. The van der Waals surface area contributed by atoms with Crippen LogP contribution >= 0.6 is 0 Å². The van der Waals surface area contributed by atoms with Crippen LogP contribution in [0.1, 0.15) is 6.42 Å². The first-order chi connectivity index (χ1) is 4.57. The van der Waals surface area contributed by atoms with Gasteiger partial charge in [-0.25, -0.2) is 0 Å². The Labute approximate surface area is 76.1 Å². The number of ether oxygens (including phenoxy) is 1. The van der Waals surface area contributed by atoms with Crippen LogP contribution in [0.5, 0.6) is 0 Å². The molecule has 0 spiro atoms. The van der Waals surface area contributed by atoms with Gasteiger partial charge in [-0.05, 0) is 0 Å². The Morgan fingerprint density at radius 3 is 2.36 bits per heavy atom. The van der Waals surface area contributed by atoms with E-state index in [2.05, 4.69) is 4.74 Å². The van der Waals surface area contributed by atoms with E-state index in [1.165, 1.54) is 0 Å². The first kappa shape index (κ1) is 13.1. The molecule has 2 N–H and O–H groups in total. The number of esters is 1. The first-order valence-corrected chi connectivity index (χ1v) is 2.61. The minimum Gasteiger partial charge on any atom is -0.550 e. The van der Waals surface area contributed by atoms with Crippen molar-refractivity contribution in [1.29, 1.82) is 0 Å². The van der Waals surface area contributed by atoms with Gasteiger partial charge >= 0.3 is 24.8 Å². The molecule has 0 radical (unpaired) electrons. The SMILES string of the molecule is COC(=O)C(N)CC(=O)[O-].[Li+]. The van der Waals surface area contributed by atoms with E-state index in [-0.39, 0.29) is 18.9 Å². The number of carboxylic acids is 1. The molecule has 0 amide bonds. The number of hydrogen-bond acceptors (Lipinski definition) is 5. The summed E-state index contributed by atoms with van der Waals surface area (Å²) in [5.74, 6) is -2.11.